The van der Waals surface area contributed by atoms with Gasteiger partial charge in [0.15, 0.2) is 0 Å². The second kappa shape index (κ2) is 3.53. The van der Waals surface area contributed by atoms with Crippen LogP contribution in [0.4, 0.5) is 0 Å². The molecule has 0 aromatic heterocycles. The lowest BCUT2D eigenvalue weighted by atomic mass is 10.2. The molecule has 0 bridgehead atoms. The summed E-state index contributed by atoms with van der Waals surface area (Å²) < 4.78 is 0. The third kappa shape index (κ3) is 1.92. The number of aromatic hydroxyl groups is 1. The quantitative estimate of drug-likeness (QED) is 0.706. The van der Waals surface area contributed by atoms with Crippen molar-refractivity contribution < 1.29 is 5.11 Å². The zero-order valence-corrected chi connectivity index (χ0v) is 7.71. The van der Waals surface area contributed by atoms with Gasteiger partial charge in [-0.1, -0.05) is 23.2 Å². The number of halogens is 3. The fraction of sp³-hybridized carbons (Fsp3) is 0.143. The molecule has 0 radical (unpaired) electrons. The molecule has 0 saturated heterocycles. The van der Waals surface area contributed by atoms with E-state index in [0.717, 1.165) is 5.56 Å². The van der Waals surface area contributed by atoms with Crippen molar-refractivity contribution in [3.8, 4) is 5.75 Å². The molecular formula is C7H5Cl3O. The highest BCUT2D eigenvalue weighted by atomic mass is 35.5. The molecule has 0 saturated carbocycles. The number of hydrogen-bond acceptors (Lipinski definition) is 1. The van der Waals surface area contributed by atoms with Gasteiger partial charge in [-0.25, -0.2) is 0 Å². The summed E-state index contributed by atoms with van der Waals surface area (Å²) in [4.78, 5) is 0. The Balaban J connectivity index is 3.21. The molecule has 0 heterocycles. The molecule has 0 amide bonds. The molecule has 0 aliphatic heterocycles. The second-order valence-corrected chi connectivity index (χ2v) is 3.10. The van der Waals surface area contributed by atoms with E-state index >= 15 is 0 Å². The molecule has 1 N–H and O–H groups in total. The maximum Gasteiger partial charge on any atom is 0.136 e. The highest BCUT2D eigenvalue weighted by Crippen LogP contribution is 2.32. The SMILES string of the molecule is Oc1cc(CCl)cc(Cl)c1Cl. The standard InChI is InChI=1S/C7H5Cl3O/c8-3-4-1-5(9)7(10)6(11)2-4/h1-2,11H,3H2. The van der Waals surface area contributed by atoms with Crippen molar-refractivity contribution in [3.63, 3.8) is 0 Å². The minimum atomic E-state index is -0.0326. The number of phenolic OH excluding ortho intramolecular Hbond substituents is 1. The van der Waals surface area contributed by atoms with Crippen LogP contribution in [0.3, 0.4) is 0 Å². The van der Waals surface area contributed by atoms with Crippen LogP contribution in [-0.2, 0) is 5.88 Å². The molecule has 60 valence electrons. The molecule has 0 unspecified atom stereocenters. The topological polar surface area (TPSA) is 20.2 Å². The molecule has 0 spiro atoms. The lowest BCUT2D eigenvalue weighted by Crippen LogP contribution is -1.79. The summed E-state index contributed by atoms with van der Waals surface area (Å²) in [5.41, 5.74) is 0.749. The van der Waals surface area contributed by atoms with E-state index in [1.807, 2.05) is 0 Å². The first kappa shape index (κ1) is 8.98. The summed E-state index contributed by atoms with van der Waals surface area (Å²) in [7, 11) is 0. The van der Waals surface area contributed by atoms with Crippen LogP contribution in [0.2, 0.25) is 10.0 Å². The molecule has 1 aromatic rings. The summed E-state index contributed by atoms with van der Waals surface area (Å²) in [6.45, 7) is 0. The van der Waals surface area contributed by atoms with Crippen LogP contribution in [0.5, 0.6) is 5.75 Å². The molecule has 11 heavy (non-hydrogen) atoms. The Labute approximate surface area is 79.5 Å². The monoisotopic (exact) mass is 210 g/mol. The first-order valence-corrected chi connectivity index (χ1v) is 4.17. The van der Waals surface area contributed by atoms with Gasteiger partial charge in [-0.3, -0.25) is 0 Å². The first-order chi connectivity index (χ1) is 5.15. The Morgan fingerprint density at radius 1 is 1.27 bits per heavy atom. The summed E-state index contributed by atoms with van der Waals surface area (Å²) >= 11 is 16.7. The molecule has 0 fully saturated rings. The van der Waals surface area contributed by atoms with Crippen LogP contribution < -0.4 is 0 Å². The summed E-state index contributed by atoms with van der Waals surface area (Å²) in [5, 5.41) is 9.63. The van der Waals surface area contributed by atoms with Gasteiger partial charge in [0.05, 0.1) is 5.02 Å². The van der Waals surface area contributed by atoms with Gasteiger partial charge in [0.1, 0.15) is 10.8 Å². The first-order valence-electron chi connectivity index (χ1n) is 2.88. The molecule has 0 aliphatic rings. The molecule has 1 nitrogen and oxygen atoms in total. The lowest BCUT2D eigenvalue weighted by molar-refractivity contribution is 0.475. The van der Waals surface area contributed by atoms with Crippen molar-refractivity contribution in [2.45, 2.75) is 5.88 Å². The third-order valence-corrected chi connectivity index (χ3v) is 2.32. The maximum atomic E-state index is 9.14. The minimum absolute atomic E-state index is 0.0326. The van der Waals surface area contributed by atoms with Crippen LogP contribution >= 0.6 is 34.8 Å². The van der Waals surface area contributed by atoms with Crippen molar-refractivity contribution in [2.24, 2.45) is 0 Å². The van der Waals surface area contributed by atoms with Crippen LogP contribution in [-0.4, -0.2) is 5.11 Å². The zero-order chi connectivity index (χ0) is 8.43. The zero-order valence-electron chi connectivity index (χ0n) is 5.44. The number of hydrogen-bond donors (Lipinski definition) is 1. The normalized spacial score (nSPS) is 10.1. The summed E-state index contributed by atoms with van der Waals surface area (Å²) in [6.07, 6.45) is 0. The predicted molar refractivity (Wildman–Crippen MR) is 47.7 cm³/mol. The molecule has 0 atom stereocenters. The van der Waals surface area contributed by atoms with E-state index in [4.69, 9.17) is 39.9 Å². The van der Waals surface area contributed by atoms with E-state index in [1.54, 1.807) is 6.07 Å². The van der Waals surface area contributed by atoms with Gasteiger partial charge in [0, 0.05) is 5.88 Å². The van der Waals surface area contributed by atoms with Gasteiger partial charge < -0.3 is 5.11 Å². The number of phenols is 1. The summed E-state index contributed by atoms with van der Waals surface area (Å²) in [5.74, 6) is 0.277. The van der Waals surface area contributed by atoms with Crippen LogP contribution in [0.25, 0.3) is 0 Å². The number of benzene rings is 1. The molecular weight excluding hydrogens is 206 g/mol. The Morgan fingerprint density at radius 2 is 1.91 bits per heavy atom. The predicted octanol–water partition coefficient (Wildman–Crippen LogP) is 3.44. The van der Waals surface area contributed by atoms with Gasteiger partial charge in [0.25, 0.3) is 0 Å². The molecule has 1 rings (SSSR count). The van der Waals surface area contributed by atoms with Crippen LogP contribution in [0.1, 0.15) is 5.56 Å². The lowest BCUT2D eigenvalue weighted by Gasteiger charge is -2.01. The Hall–Kier alpha value is -0.110. The fourth-order valence-electron chi connectivity index (χ4n) is 0.706. The van der Waals surface area contributed by atoms with Gasteiger partial charge in [-0.05, 0) is 17.7 Å². The van der Waals surface area contributed by atoms with E-state index in [-0.39, 0.29) is 10.8 Å². The van der Waals surface area contributed by atoms with E-state index in [2.05, 4.69) is 0 Å². The molecule has 0 aliphatic carbocycles. The van der Waals surface area contributed by atoms with Gasteiger partial charge >= 0.3 is 0 Å². The third-order valence-electron chi connectivity index (χ3n) is 1.22. The molecule has 4 heteroatoms. The van der Waals surface area contributed by atoms with E-state index in [1.165, 1.54) is 6.07 Å². The number of rotatable bonds is 1. The smallest absolute Gasteiger partial charge is 0.136 e. The Bertz CT molecular complexity index is 249. The van der Waals surface area contributed by atoms with Crippen molar-refractivity contribution >= 4 is 34.8 Å². The van der Waals surface area contributed by atoms with Gasteiger partial charge in [0.2, 0.25) is 0 Å². The highest BCUT2D eigenvalue weighted by Gasteiger charge is 2.04. The highest BCUT2D eigenvalue weighted by molar-refractivity contribution is 6.43. The largest absolute Gasteiger partial charge is 0.506 e. The fourth-order valence-corrected chi connectivity index (χ4v) is 1.21. The van der Waals surface area contributed by atoms with Crippen molar-refractivity contribution in [1.82, 2.24) is 0 Å². The van der Waals surface area contributed by atoms with E-state index < -0.39 is 0 Å². The van der Waals surface area contributed by atoms with Crippen molar-refractivity contribution in [3.05, 3.63) is 27.7 Å². The van der Waals surface area contributed by atoms with E-state index in [0.29, 0.717) is 10.9 Å². The van der Waals surface area contributed by atoms with Crippen molar-refractivity contribution in [2.75, 3.05) is 0 Å². The summed E-state index contributed by atoms with van der Waals surface area (Å²) in [6, 6.07) is 3.11. The average Bonchev–Trinajstić information content (AvgIpc) is 1.99. The molecule has 1 aromatic carbocycles. The second-order valence-electron chi connectivity index (χ2n) is 2.04. The van der Waals surface area contributed by atoms with Gasteiger partial charge in [-0.15, -0.1) is 11.6 Å². The van der Waals surface area contributed by atoms with Crippen LogP contribution in [0, 0.1) is 0 Å². The van der Waals surface area contributed by atoms with E-state index in [9.17, 15) is 0 Å². The average molecular weight is 211 g/mol. The minimum Gasteiger partial charge on any atom is -0.506 e. The number of alkyl halides is 1. The maximum absolute atomic E-state index is 9.14. The Kier molecular flexibility index (Phi) is 2.88. The van der Waals surface area contributed by atoms with Gasteiger partial charge in [-0.2, -0.15) is 0 Å². The van der Waals surface area contributed by atoms with Crippen LogP contribution in [0.15, 0.2) is 12.1 Å². The van der Waals surface area contributed by atoms with Crippen molar-refractivity contribution in [1.29, 1.82) is 0 Å². The Morgan fingerprint density at radius 3 is 2.36 bits per heavy atom.